The Bertz CT molecular complexity index is 626. The maximum Gasteiger partial charge on any atom is 0.310 e. The number of benzene rings is 1. The normalized spacial score (nSPS) is 24.1. The van der Waals surface area contributed by atoms with Crippen molar-refractivity contribution in [2.75, 3.05) is 13.7 Å². The highest BCUT2D eigenvalue weighted by Gasteiger charge is 2.36. The van der Waals surface area contributed by atoms with Crippen LogP contribution >= 0.6 is 0 Å². The lowest BCUT2D eigenvalue weighted by atomic mass is 9.92. The van der Waals surface area contributed by atoms with Gasteiger partial charge in [0, 0.05) is 12.1 Å². The number of ether oxygens (including phenoxy) is 1. The number of fused-ring (bicyclic) bond motifs is 2. The monoisotopic (exact) mass is 289 g/mol. The number of esters is 1. The fourth-order valence-corrected chi connectivity index (χ4v) is 3.02. The second-order valence-electron chi connectivity index (χ2n) is 5.41. The number of piperidine rings is 1. The topological polar surface area (TPSA) is 46.6 Å². The summed E-state index contributed by atoms with van der Waals surface area (Å²) in [6, 6.07) is 4.10. The lowest BCUT2D eigenvalue weighted by molar-refractivity contribution is -0.147. The van der Waals surface area contributed by atoms with Crippen LogP contribution < -0.4 is 0 Å². The molecule has 0 aliphatic carbocycles. The van der Waals surface area contributed by atoms with Crippen molar-refractivity contribution in [3.05, 3.63) is 41.2 Å². The van der Waals surface area contributed by atoms with Gasteiger partial charge in [-0.3, -0.25) is 9.59 Å². The van der Waals surface area contributed by atoms with Crippen LogP contribution in [0.5, 0.6) is 0 Å². The molecule has 4 nitrogen and oxygen atoms in total. The number of hydrogen-bond donors (Lipinski definition) is 0. The smallest absolute Gasteiger partial charge is 0.310 e. The van der Waals surface area contributed by atoms with Gasteiger partial charge < -0.3 is 9.64 Å². The highest BCUT2D eigenvalue weighted by molar-refractivity contribution is 5.99. The second kappa shape index (κ2) is 5.31. The quantitative estimate of drug-likeness (QED) is 0.745. The molecule has 5 heteroatoms. The van der Waals surface area contributed by atoms with Gasteiger partial charge in [0.1, 0.15) is 5.82 Å². The van der Waals surface area contributed by atoms with Gasteiger partial charge in [-0.2, -0.15) is 0 Å². The average molecular weight is 289 g/mol. The van der Waals surface area contributed by atoms with Gasteiger partial charge in [0.05, 0.1) is 19.1 Å². The number of amides is 1. The van der Waals surface area contributed by atoms with Crippen molar-refractivity contribution in [1.82, 2.24) is 4.90 Å². The summed E-state index contributed by atoms with van der Waals surface area (Å²) in [6.45, 7) is 0.345. The third kappa shape index (κ3) is 2.44. The fourth-order valence-electron chi connectivity index (χ4n) is 3.02. The summed E-state index contributed by atoms with van der Waals surface area (Å²) in [6.07, 6.45) is 5.10. The lowest BCUT2D eigenvalue weighted by Gasteiger charge is -2.36. The molecule has 0 bridgehead atoms. The van der Waals surface area contributed by atoms with Crippen LogP contribution in [0.2, 0.25) is 0 Å². The highest BCUT2D eigenvalue weighted by Crippen LogP contribution is 2.29. The number of hydrogen-bond acceptors (Lipinski definition) is 3. The van der Waals surface area contributed by atoms with Crippen LogP contribution in [0.3, 0.4) is 0 Å². The van der Waals surface area contributed by atoms with Crippen molar-refractivity contribution < 1.29 is 18.7 Å². The minimum Gasteiger partial charge on any atom is -0.469 e. The van der Waals surface area contributed by atoms with Crippen molar-refractivity contribution in [2.24, 2.45) is 5.92 Å². The number of nitrogens with zero attached hydrogens (tertiary/aromatic N) is 1. The Kier molecular flexibility index (Phi) is 3.49. The molecule has 1 aromatic carbocycles. The number of carbonyl (C=O) groups is 2. The zero-order chi connectivity index (χ0) is 15.0. The zero-order valence-corrected chi connectivity index (χ0v) is 11.7. The van der Waals surface area contributed by atoms with Gasteiger partial charge in [0.25, 0.3) is 5.91 Å². The molecule has 1 aromatic rings. The van der Waals surface area contributed by atoms with E-state index in [9.17, 15) is 14.0 Å². The summed E-state index contributed by atoms with van der Waals surface area (Å²) in [5.74, 6) is -1.09. The van der Waals surface area contributed by atoms with E-state index in [1.54, 1.807) is 11.0 Å². The van der Waals surface area contributed by atoms with Crippen LogP contribution in [0, 0.1) is 11.7 Å². The lowest BCUT2D eigenvalue weighted by Crippen LogP contribution is -2.47. The van der Waals surface area contributed by atoms with Crippen LogP contribution in [0.15, 0.2) is 24.3 Å². The first kappa shape index (κ1) is 13.8. The standard InChI is InChI=1S/C16H16FNO3/c1-21-16(20)11-3-6-13-5-2-10-8-12(17)4-7-14(10)15(19)18(13)9-11/h2,4-5,7-8,11,13H,3,6,9H2,1H3. The number of rotatable bonds is 1. The summed E-state index contributed by atoms with van der Waals surface area (Å²) < 4.78 is 18.1. The van der Waals surface area contributed by atoms with Gasteiger partial charge in [-0.15, -0.1) is 0 Å². The van der Waals surface area contributed by atoms with Crippen LogP contribution in [0.1, 0.15) is 28.8 Å². The first-order valence-electron chi connectivity index (χ1n) is 6.96. The first-order chi connectivity index (χ1) is 10.1. The second-order valence-corrected chi connectivity index (χ2v) is 5.41. The van der Waals surface area contributed by atoms with E-state index in [-0.39, 0.29) is 29.7 Å². The van der Waals surface area contributed by atoms with E-state index in [4.69, 9.17) is 4.74 Å². The fraction of sp³-hybridized carbons (Fsp3) is 0.375. The zero-order valence-electron chi connectivity index (χ0n) is 11.7. The van der Waals surface area contributed by atoms with Gasteiger partial charge >= 0.3 is 5.97 Å². The molecule has 0 radical (unpaired) electrons. The van der Waals surface area contributed by atoms with E-state index in [1.807, 2.05) is 6.08 Å². The molecule has 2 unspecified atom stereocenters. The van der Waals surface area contributed by atoms with Gasteiger partial charge in [-0.25, -0.2) is 4.39 Å². The van der Waals surface area contributed by atoms with Crippen molar-refractivity contribution in [2.45, 2.75) is 18.9 Å². The Morgan fingerprint density at radius 1 is 1.38 bits per heavy atom. The largest absolute Gasteiger partial charge is 0.469 e. The van der Waals surface area contributed by atoms with Gasteiger partial charge in [-0.1, -0.05) is 12.2 Å². The van der Waals surface area contributed by atoms with Crippen molar-refractivity contribution in [3.8, 4) is 0 Å². The molecule has 2 heterocycles. The minimum atomic E-state index is -0.362. The molecule has 2 aliphatic rings. The van der Waals surface area contributed by atoms with Gasteiger partial charge in [-0.05, 0) is 36.6 Å². The van der Waals surface area contributed by atoms with Gasteiger partial charge in [0.15, 0.2) is 0 Å². The molecular formula is C16H16FNO3. The molecule has 21 heavy (non-hydrogen) atoms. The van der Waals surface area contributed by atoms with Crippen LogP contribution in [0.4, 0.5) is 4.39 Å². The maximum absolute atomic E-state index is 13.3. The molecule has 1 fully saturated rings. The SMILES string of the molecule is COC(=O)C1CCC2C=Cc3cc(F)ccc3C(=O)N2C1. The third-order valence-electron chi connectivity index (χ3n) is 4.17. The number of carbonyl (C=O) groups excluding carboxylic acids is 2. The van der Waals surface area contributed by atoms with E-state index in [0.717, 1.165) is 0 Å². The number of halogens is 1. The molecular weight excluding hydrogens is 273 g/mol. The summed E-state index contributed by atoms with van der Waals surface area (Å²) in [4.78, 5) is 26.0. The molecule has 1 saturated heterocycles. The third-order valence-corrected chi connectivity index (χ3v) is 4.17. The number of methoxy groups -OCH3 is 1. The van der Waals surface area contributed by atoms with Crippen LogP contribution in [0.25, 0.3) is 6.08 Å². The molecule has 0 spiro atoms. The van der Waals surface area contributed by atoms with E-state index >= 15 is 0 Å². The molecule has 1 amide bonds. The maximum atomic E-state index is 13.3. The van der Waals surface area contributed by atoms with Crippen molar-refractivity contribution >= 4 is 18.0 Å². The first-order valence-corrected chi connectivity index (χ1v) is 6.96. The van der Waals surface area contributed by atoms with E-state index in [2.05, 4.69) is 0 Å². The summed E-state index contributed by atoms with van der Waals surface area (Å²) in [7, 11) is 1.36. The Morgan fingerprint density at radius 3 is 2.95 bits per heavy atom. The summed E-state index contributed by atoms with van der Waals surface area (Å²) in [5.41, 5.74) is 1.06. The Hall–Kier alpha value is -2.17. The Labute approximate surface area is 122 Å². The van der Waals surface area contributed by atoms with E-state index < -0.39 is 0 Å². The predicted octanol–water partition coefficient (Wildman–Crippen LogP) is 2.25. The molecule has 2 aliphatic heterocycles. The van der Waals surface area contributed by atoms with Crippen molar-refractivity contribution in [1.29, 1.82) is 0 Å². The van der Waals surface area contributed by atoms with Crippen LogP contribution in [-0.4, -0.2) is 36.5 Å². The summed E-state index contributed by atoms with van der Waals surface area (Å²) in [5, 5.41) is 0. The molecule has 0 saturated carbocycles. The summed E-state index contributed by atoms with van der Waals surface area (Å²) >= 11 is 0. The Balaban J connectivity index is 1.93. The average Bonchev–Trinajstić information content (AvgIpc) is 2.63. The van der Waals surface area contributed by atoms with Crippen molar-refractivity contribution in [3.63, 3.8) is 0 Å². The minimum absolute atomic E-state index is 0.0473. The van der Waals surface area contributed by atoms with Gasteiger partial charge in [0.2, 0.25) is 0 Å². The molecule has 110 valence electrons. The molecule has 3 rings (SSSR count). The Morgan fingerprint density at radius 2 is 2.19 bits per heavy atom. The highest BCUT2D eigenvalue weighted by atomic mass is 19.1. The molecule has 0 aromatic heterocycles. The predicted molar refractivity (Wildman–Crippen MR) is 75.0 cm³/mol. The molecule has 2 atom stereocenters. The van der Waals surface area contributed by atoms with E-state index in [0.29, 0.717) is 30.5 Å². The molecule has 0 N–H and O–H groups in total. The van der Waals surface area contributed by atoms with Crippen LogP contribution in [-0.2, 0) is 9.53 Å². The van der Waals surface area contributed by atoms with E-state index in [1.165, 1.54) is 25.3 Å².